The topological polar surface area (TPSA) is 81.4 Å². The van der Waals surface area contributed by atoms with E-state index in [0.29, 0.717) is 17.1 Å². The van der Waals surface area contributed by atoms with Gasteiger partial charge in [-0.1, -0.05) is 15.9 Å². The molecule has 0 aliphatic carbocycles. The van der Waals surface area contributed by atoms with Crippen molar-refractivity contribution in [2.45, 2.75) is 4.90 Å². The van der Waals surface area contributed by atoms with Crippen LogP contribution in [0.1, 0.15) is 0 Å². The van der Waals surface area contributed by atoms with E-state index >= 15 is 0 Å². The summed E-state index contributed by atoms with van der Waals surface area (Å²) in [5.74, 6) is 0.564. The third kappa shape index (κ3) is 3.23. The molecular formula is C13H13BrN2O3S. The third-order valence-corrected chi connectivity index (χ3v) is 4.54. The highest BCUT2D eigenvalue weighted by atomic mass is 79.9. The number of rotatable bonds is 4. The molecule has 0 bridgehead atoms. The highest BCUT2D eigenvalue weighted by Gasteiger charge is 2.15. The van der Waals surface area contributed by atoms with Gasteiger partial charge < -0.3 is 10.5 Å². The van der Waals surface area contributed by atoms with Crippen LogP contribution in [0.2, 0.25) is 0 Å². The summed E-state index contributed by atoms with van der Waals surface area (Å²) < 4.78 is 32.7. The molecule has 20 heavy (non-hydrogen) atoms. The Balaban J connectivity index is 2.31. The fraction of sp³-hybridized carbons (Fsp3) is 0.0769. The van der Waals surface area contributed by atoms with Gasteiger partial charge in [-0.3, -0.25) is 4.72 Å². The average Bonchev–Trinajstić information content (AvgIpc) is 2.41. The van der Waals surface area contributed by atoms with Crippen LogP contribution < -0.4 is 15.2 Å². The lowest BCUT2D eigenvalue weighted by Gasteiger charge is -2.11. The largest absolute Gasteiger partial charge is 0.497 e. The molecule has 0 spiro atoms. The molecule has 2 rings (SSSR count). The lowest BCUT2D eigenvalue weighted by atomic mass is 10.2. The summed E-state index contributed by atoms with van der Waals surface area (Å²) in [6.45, 7) is 0. The number of nitrogens with one attached hydrogen (secondary N) is 1. The molecule has 0 aliphatic heterocycles. The molecule has 0 unspecified atom stereocenters. The van der Waals surface area contributed by atoms with Crippen molar-refractivity contribution in [3.05, 3.63) is 46.9 Å². The van der Waals surface area contributed by atoms with Gasteiger partial charge in [-0.15, -0.1) is 0 Å². The van der Waals surface area contributed by atoms with Crippen LogP contribution in [0.5, 0.6) is 5.75 Å². The summed E-state index contributed by atoms with van der Waals surface area (Å²) in [6.07, 6.45) is 0. The lowest BCUT2D eigenvalue weighted by molar-refractivity contribution is 0.415. The van der Waals surface area contributed by atoms with Crippen molar-refractivity contribution in [1.29, 1.82) is 0 Å². The van der Waals surface area contributed by atoms with Gasteiger partial charge in [-0.2, -0.15) is 0 Å². The summed E-state index contributed by atoms with van der Waals surface area (Å²) in [5, 5.41) is 0. The first kappa shape index (κ1) is 14.7. The molecule has 7 heteroatoms. The summed E-state index contributed by atoms with van der Waals surface area (Å²) in [5.41, 5.74) is 6.40. The van der Waals surface area contributed by atoms with Gasteiger partial charge in [-0.25, -0.2) is 8.42 Å². The predicted octanol–water partition coefficient (Wildman–Crippen LogP) is 2.84. The zero-order chi connectivity index (χ0) is 14.8. The van der Waals surface area contributed by atoms with E-state index in [1.54, 1.807) is 30.3 Å². The van der Waals surface area contributed by atoms with Gasteiger partial charge in [0.25, 0.3) is 10.0 Å². The minimum atomic E-state index is -3.66. The molecule has 0 saturated carbocycles. The Hall–Kier alpha value is -1.73. The maximum absolute atomic E-state index is 12.2. The number of hydrogen-bond donors (Lipinski definition) is 2. The summed E-state index contributed by atoms with van der Waals surface area (Å²) in [7, 11) is -2.15. The quantitative estimate of drug-likeness (QED) is 0.825. The van der Waals surface area contributed by atoms with E-state index in [0.717, 1.165) is 4.47 Å². The van der Waals surface area contributed by atoms with Gasteiger partial charge in [0, 0.05) is 10.5 Å². The van der Waals surface area contributed by atoms with E-state index < -0.39 is 10.0 Å². The standard InChI is InChI=1S/C13H13BrN2O3S/c1-19-10-4-7-13(12(15)8-10)16-20(17,18)11-5-2-9(14)3-6-11/h2-8,16H,15H2,1H3. The van der Waals surface area contributed by atoms with Crippen LogP contribution in [-0.2, 0) is 10.0 Å². The van der Waals surface area contributed by atoms with Gasteiger partial charge in [0.15, 0.2) is 0 Å². The first-order valence-corrected chi connectivity index (χ1v) is 7.92. The van der Waals surface area contributed by atoms with Gasteiger partial charge >= 0.3 is 0 Å². The lowest BCUT2D eigenvalue weighted by Crippen LogP contribution is -2.14. The zero-order valence-electron chi connectivity index (χ0n) is 10.6. The van der Waals surface area contributed by atoms with Crippen molar-refractivity contribution < 1.29 is 13.2 Å². The van der Waals surface area contributed by atoms with E-state index in [1.807, 2.05) is 0 Å². The highest BCUT2D eigenvalue weighted by Crippen LogP contribution is 2.26. The van der Waals surface area contributed by atoms with Crippen LogP contribution in [0, 0.1) is 0 Å². The molecule has 0 radical (unpaired) electrons. The second-order valence-corrected chi connectivity index (χ2v) is 6.61. The van der Waals surface area contributed by atoms with E-state index in [-0.39, 0.29) is 4.90 Å². The molecule has 0 saturated heterocycles. The number of halogens is 1. The van der Waals surface area contributed by atoms with Crippen LogP contribution in [0.15, 0.2) is 51.8 Å². The monoisotopic (exact) mass is 356 g/mol. The molecule has 0 heterocycles. The maximum atomic E-state index is 12.2. The number of ether oxygens (including phenoxy) is 1. The normalized spacial score (nSPS) is 11.1. The molecule has 0 aliphatic rings. The summed E-state index contributed by atoms with van der Waals surface area (Å²) in [4.78, 5) is 0.163. The summed E-state index contributed by atoms with van der Waals surface area (Å²) in [6, 6.07) is 11.1. The molecule has 106 valence electrons. The molecule has 3 N–H and O–H groups in total. The smallest absolute Gasteiger partial charge is 0.261 e. The number of benzene rings is 2. The predicted molar refractivity (Wildman–Crippen MR) is 82.4 cm³/mol. The number of sulfonamides is 1. The number of methoxy groups -OCH3 is 1. The third-order valence-electron chi connectivity index (χ3n) is 2.63. The van der Waals surface area contributed by atoms with E-state index in [9.17, 15) is 8.42 Å². The van der Waals surface area contributed by atoms with Gasteiger partial charge in [0.2, 0.25) is 0 Å². The SMILES string of the molecule is COc1ccc(NS(=O)(=O)c2ccc(Br)cc2)c(N)c1. The second kappa shape index (κ2) is 5.72. The Morgan fingerprint density at radius 3 is 2.35 bits per heavy atom. The average molecular weight is 357 g/mol. The van der Waals surface area contributed by atoms with Gasteiger partial charge in [-0.05, 0) is 36.4 Å². The van der Waals surface area contributed by atoms with E-state index in [4.69, 9.17) is 10.5 Å². The number of anilines is 2. The van der Waals surface area contributed by atoms with Crippen molar-refractivity contribution in [3.63, 3.8) is 0 Å². The number of nitrogen functional groups attached to an aromatic ring is 1. The Bertz CT molecular complexity index is 715. The Morgan fingerprint density at radius 2 is 1.80 bits per heavy atom. The first-order chi connectivity index (χ1) is 9.42. The van der Waals surface area contributed by atoms with Crippen molar-refractivity contribution in [2.24, 2.45) is 0 Å². The van der Waals surface area contributed by atoms with Gasteiger partial charge in [0.05, 0.1) is 23.4 Å². The van der Waals surface area contributed by atoms with Crippen LogP contribution in [0.3, 0.4) is 0 Å². The van der Waals surface area contributed by atoms with Gasteiger partial charge in [0.1, 0.15) is 5.75 Å². The van der Waals surface area contributed by atoms with Crippen molar-refractivity contribution in [2.75, 3.05) is 17.6 Å². The van der Waals surface area contributed by atoms with Crippen LogP contribution in [-0.4, -0.2) is 15.5 Å². The number of nitrogens with two attached hydrogens (primary N) is 1. The minimum absolute atomic E-state index is 0.163. The van der Waals surface area contributed by atoms with Crippen LogP contribution >= 0.6 is 15.9 Å². The summed E-state index contributed by atoms with van der Waals surface area (Å²) >= 11 is 3.26. The molecule has 0 fully saturated rings. The van der Waals surface area contributed by atoms with Crippen LogP contribution in [0.4, 0.5) is 11.4 Å². The molecule has 2 aromatic rings. The molecular weight excluding hydrogens is 344 g/mol. The molecule has 2 aromatic carbocycles. The maximum Gasteiger partial charge on any atom is 0.261 e. The second-order valence-electron chi connectivity index (χ2n) is 4.01. The first-order valence-electron chi connectivity index (χ1n) is 5.64. The van der Waals surface area contributed by atoms with Crippen molar-refractivity contribution in [3.8, 4) is 5.75 Å². The van der Waals surface area contributed by atoms with E-state index in [2.05, 4.69) is 20.7 Å². The minimum Gasteiger partial charge on any atom is -0.497 e. The Labute approximate surface area is 125 Å². The number of hydrogen-bond acceptors (Lipinski definition) is 4. The fourth-order valence-corrected chi connectivity index (χ4v) is 2.93. The Kier molecular flexibility index (Phi) is 4.20. The molecule has 5 nitrogen and oxygen atoms in total. The zero-order valence-corrected chi connectivity index (χ0v) is 13.0. The molecule has 0 atom stereocenters. The fourth-order valence-electron chi connectivity index (χ4n) is 1.58. The Morgan fingerprint density at radius 1 is 1.15 bits per heavy atom. The highest BCUT2D eigenvalue weighted by molar-refractivity contribution is 9.10. The molecule has 0 amide bonds. The molecule has 0 aromatic heterocycles. The van der Waals surface area contributed by atoms with Crippen molar-refractivity contribution in [1.82, 2.24) is 0 Å². The van der Waals surface area contributed by atoms with Crippen LogP contribution in [0.25, 0.3) is 0 Å². The van der Waals surface area contributed by atoms with E-state index in [1.165, 1.54) is 19.2 Å². The van der Waals surface area contributed by atoms with Crippen molar-refractivity contribution >= 4 is 37.3 Å².